The Morgan fingerprint density at radius 1 is 0.962 bits per heavy atom. The lowest BCUT2D eigenvalue weighted by atomic mass is 10.1. The second-order valence-corrected chi connectivity index (χ2v) is 5.55. The molecule has 0 N–H and O–H groups in total. The highest BCUT2D eigenvalue weighted by molar-refractivity contribution is 5.83. The van der Waals surface area contributed by atoms with E-state index in [0.717, 1.165) is 18.4 Å². The SMILES string of the molecule is C/C=C/CCc1ccc(/C=N/N=C\c2ccc(OCC)c(F)c2F)cc1. The van der Waals surface area contributed by atoms with Crippen LogP contribution >= 0.6 is 0 Å². The van der Waals surface area contributed by atoms with Gasteiger partial charge in [0.05, 0.1) is 19.0 Å². The highest BCUT2D eigenvalue weighted by Gasteiger charge is 2.12. The fraction of sp³-hybridized carbons (Fsp3) is 0.238. The van der Waals surface area contributed by atoms with Gasteiger partial charge in [0.15, 0.2) is 11.6 Å². The minimum absolute atomic E-state index is 0.0161. The summed E-state index contributed by atoms with van der Waals surface area (Å²) in [6, 6.07) is 10.7. The molecule has 0 saturated heterocycles. The minimum atomic E-state index is -1.02. The van der Waals surface area contributed by atoms with Gasteiger partial charge in [-0.15, -0.1) is 0 Å². The Bertz CT molecular complexity index is 796. The average molecular weight is 356 g/mol. The van der Waals surface area contributed by atoms with Crippen LogP contribution in [0, 0.1) is 11.6 Å². The number of halogens is 2. The van der Waals surface area contributed by atoms with Crippen molar-refractivity contribution in [3.05, 3.63) is 76.9 Å². The summed E-state index contributed by atoms with van der Waals surface area (Å²) in [5.41, 5.74) is 2.15. The van der Waals surface area contributed by atoms with E-state index in [1.54, 1.807) is 13.1 Å². The molecule has 2 aromatic rings. The molecule has 26 heavy (non-hydrogen) atoms. The van der Waals surface area contributed by atoms with Crippen molar-refractivity contribution in [3.8, 4) is 5.75 Å². The molecule has 5 heteroatoms. The lowest BCUT2D eigenvalue weighted by Gasteiger charge is -2.05. The largest absolute Gasteiger partial charge is 0.491 e. The Kier molecular flexibility index (Phi) is 7.68. The van der Waals surface area contributed by atoms with Crippen LogP contribution in [-0.4, -0.2) is 19.0 Å². The molecule has 0 heterocycles. The molecule has 3 nitrogen and oxygen atoms in total. The second kappa shape index (κ2) is 10.2. The standard InChI is InChI=1S/C21H22F2N2O/c1-3-5-6-7-16-8-10-17(11-9-16)14-24-25-15-18-12-13-19(26-4-2)21(23)20(18)22/h3,5,8-15H,4,6-7H2,1-2H3/b5-3+,24-14+,25-15-. The molecule has 0 aliphatic heterocycles. The summed E-state index contributed by atoms with van der Waals surface area (Å²) in [5.74, 6) is -2.13. The monoisotopic (exact) mass is 356 g/mol. The predicted octanol–water partition coefficient (Wildman–Crippen LogP) is 5.33. The lowest BCUT2D eigenvalue weighted by molar-refractivity contribution is 0.314. The van der Waals surface area contributed by atoms with Gasteiger partial charge >= 0.3 is 0 Å². The molecule has 0 aliphatic carbocycles. The fourth-order valence-corrected chi connectivity index (χ4v) is 2.30. The summed E-state index contributed by atoms with van der Waals surface area (Å²) < 4.78 is 32.7. The van der Waals surface area contributed by atoms with Gasteiger partial charge in [-0.3, -0.25) is 0 Å². The topological polar surface area (TPSA) is 34.0 Å². The van der Waals surface area contributed by atoms with E-state index in [1.807, 2.05) is 37.3 Å². The molecule has 136 valence electrons. The molecule has 0 fully saturated rings. The zero-order chi connectivity index (χ0) is 18.8. The van der Waals surface area contributed by atoms with Crippen LogP contribution in [0.4, 0.5) is 8.78 Å². The lowest BCUT2D eigenvalue weighted by Crippen LogP contribution is -2.00. The molecular weight excluding hydrogens is 334 g/mol. The molecular formula is C21H22F2N2O. The first kappa shape index (κ1) is 19.5. The second-order valence-electron chi connectivity index (χ2n) is 5.55. The third-order valence-corrected chi connectivity index (χ3v) is 3.66. The highest BCUT2D eigenvalue weighted by atomic mass is 19.2. The number of nitrogens with zero attached hydrogens (tertiary/aromatic N) is 2. The van der Waals surface area contributed by atoms with Crippen LogP contribution in [0.2, 0.25) is 0 Å². The van der Waals surface area contributed by atoms with Crippen LogP contribution in [0.3, 0.4) is 0 Å². The predicted molar refractivity (Wildman–Crippen MR) is 102 cm³/mol. The van der Waals surface area contributed by atoms with E-state index in [9.17, 15) is 8.78 Å². The van der Waals surface area contributed by atoms with Gasteiger partial charge in [-0.05, 0) is 49.9 Å². The molecule has 0 aliphatic rings. The quantitative estimate of drug-likeness (QED) is 0.358. The Morgan fingerprint density at radius 2 is 1.69 bits per heavy atom. The molecule has 0 saturated carbocycles. The minimum Gasteiger partial charge on any atom is -0.491 e. The smallest absolute Gasteiger partial charge is 0.201 e. The van der Waals surface area contributed by atoms with Gasteiger partial charge in [0, 0.05) is 5.56 Å². The summed E-state index contributed by atoms with van der Waals surface area (Å²) in [7, 11) is 0. The van der Waals surface area contributed by atoms with Crippen molar-refractivity contribution in [1.29, 1.82) is 0 Å². The zero-order valence-corrected chi connectivity index (χ0v) is 15.0. The molecule has 0 bridgehead atoms. The van der Waals surface area contributed by atoms with Gasteiger partial charge in [0.25, 0.3) is 0 Å². The first-order chi connectivity index (χ1) is 12.7. The van der Waals surface area contributed by atoms with Crippen LogP contribution in [0.15, 0.2) is 58.8 Å². The Labute approximate surface area is 152 Å². The van der Waals surface area contributed by atoms with Gasteiger partial charge in [0.1, 0.15) is 0 Å². The van der Waals surface area contributed by atoms with Crippen molar-refractivity contribution in [2.75, 3.05) is 6.61 Å². The van der Waals surface area contributed by atoms with Crippen molar-refractivity contribution in [2.24, 2.45) is 10.2 Å². The molecule has 0 amide bonds. The molecule has 0 unspecified atom stereocenters. The number of allylic oxidation sites excluding steroid dienone is 2. The third kappa shape index (κ3) is 5.62. The number of ether oxygens (including phenoxy) is 1. The molecule has 0 radical (unpaired) electrons. The van der Waals surface area contributed by atoms with E-state index >= 15 is 0 Å². The first-order valence-corrected chi connectivity index (χ1v) is 8.53. The van der Waals surface area contributed by atoms with Crippen LogP contribution in [-0.2, 0) is 6.42 Å². The van der Waals surface area contributed by atoms with Crippen molar-refractivity contribution >= 4 is 12.4 Å². The average Bonchev–Trinajstić information content (AvgIpc) is 2.65. The maximum atomic E-state index is 13.9. The third-order valence-electron chi connectivity index (χ3n) is 3.66. The summed E-state index contributed by atoms with van der Waals surface area (Å²) in [4.78, 5) is 0. The van der Waals surface area contributed by atoms with Gasteiger partial charge in [0.2, 0.25) is 5.82 Å². The molecule has 2 aromatic carbocycles. The van der Waals surface area contributed by atoms with E-state index in [1.165, 1.54) is 23.9 Å². The fourth-order valence-electron chi connectivity index (χ4n) is 2.30. The van der Waals surface area contributed by atoms with E-state index in [2.05, 4.69) is 16.3 Å². The van der Waals surface area contributed by atoms with Crippen LogP contribution < -0.4 is 4.74 Å². The van der Waals surface area contributed by atoms with E-state index < -0.39 is 11.6 Å². The maximum absolute atomic E-state index is 13.9. The number of rotatable bonds is 8. The number of hydrogen-bond donors (Lipinski definition) is 0. The Hall–Kier alpha value is -2.82. The Balaban J connectivity index is 1.98. The van der Waals surface area contributed by atoms with E-state index in [4.69, 9.17) is 4.74 Å². The van der Waals surface area contributed by atoms with Gasteiger partial charge in [-0.25, -0.2) is 4.39 Å². The zero-order valence-electron chi connectivity index (χ0n) is 15.0. The maximum Gasteiger partial charge on any atom is 0.201 e. The van der Waals surface area contributed by atoms with Crippen molar-refractivity contribution < 1.29 is 13.5 Å². The first-order valence-electron chi connectivity index (χ1n) is 8.53. The van der Waals surface area contributed by atoms with Crippen LogP contribution in [0.1, 0.15) is 37.0 Å². The van der Waals surface area contributed by atoms with Crippen molar-refractivity contribution in [1.82, 2.24) is 0 Å². The van der Waals surface area contributed by atoms with E-state index in [0.29, 0.717) is 0 Å². The normalized spacial score (nSPS) is 11.8. The molecule has 0 aromatic heterocycles. The molecule has 2 rings (SSSR count). The van der Waals surface area contributed by atoms with Crippen LogP contribution in [0.5, 0.6) is 5.75 Å². The van der Waals surface area contributed by atoms with Crippen LogP contribution in [0.25, 0.3) is 0 Å². The number of hydrogen-bond acceptors (Lipinski definition) is 3. The Morgan fingerprint density at radius 3 is 2.38 bits per heavy atom. The summed E-state index contributed by atoms with van der Waals surface area (Å²) in [6.45, 7) is 3.98. The summed E-state index contributed by atoms with van der Waals surface area (Å²) >= 11 is 0. The van der Waals surface area contributed by atoms with Gasteiger partial charge in [-0.1, -0.05) is 36.4 Å². The number of aryl methyl sites for hydroxylation is 1. The van der Waals surface area contributed by atoms with Crippen molar-refractivity contribution in [3.63, 3.8) is 0 Å². The van der Waals surface area contributed by atoms with Gasteiger partial charge < -0.3 is 4.74 Å². The molecule has 0 atom stereocenters. The van der Waals surface area contributed by atoms with Gasteiger partial charge in [-0.2, -0.15) is 14.6 Å². The highest BCUT2D eigenvalue weighted by Crippen LogP contribution is 2.21. The molecule has 0 spiro atoms. The van der Waals surface area contributed by atoms with E-state index in [-0.39, 0.29) is 17.9 Å². The number of benzene rings is 2. The summed E-state index contributed by atoms with van der Waals surface area (Å²) in [6.07, 6.45) is 8.91. The van der Waals surface area contributed by atoms with Crippen molar-refractivity contribution in [2.45, 2.75) is 26.7 Å². The summed E-state index contributed by atoms with van der Waals surface area (Å²) in [5, 5.41) is 7.67.